The Labute approximate surface area is 94.2 Å². The summed E-state index contributed by atoms with van der Waals surface area (Å²) < 4.78 is 9.86. The number of hydrogen-bond acceptors (Lipinski definition) is 3. The van der Waals surface area contributed by atoms with Gasteiger partial charge >= 0.3 is 6.09 Å². The van der Waals surface area contributed by atoms with Gasteiger partial charge in [-0.25, -0.2) is 4.79 Å². The van der Waals surface area contributed by atoms with Crippen molar-refractivity contribution < 1.29 is 19.4 Å². The topological polar surface area (TPSA) is 59.0 Å². The Balaban J connectivity index is 2.79. The molecular weight excluding hydrogens is 210 g/mol. The summed E-state index contributed by atoms with van der Waals surface area (Å²) in [5.41, 5.74) is 0.602. The van der Waals surface area contributed by atoms with Crippen LogP contribution in [0.5, 0.6) is 5.75 Å². The molecule has 0 aliphatic carbocycles. The molecule has 0 saturated carbocycles. The van der Waals surface area contributed by atoms with Gasteiger partial charge in [0.2, 0.25) is 0 Å². The van der Waals surface area contributed by atoms with Gasteiger partial charge in [-0.2, -0.15) is 0 Å². The van der Waals surface area contributed by atoms with Crippen LogP contribution in [0.2, 0.25) is 0 Å². The van der Waals surface area contributed by atoms with Crippen LogP contribution in [0.15, 0.2) is 24.3 Å². The molecule has 0 saturated heterocycles. The number of benzene rings is 1. The van der Waals surface area contributed by atoms with Crippen LogP contribution < -0.4 is 9.64 Å². The molecule has 0 radical (unpaired) electrons. The van der Waals surface area contributed by atoms with Crippen LogP contribution in [-0.4, -0.2) is 38.6 Å². The first-order chi connectivity index (χ1) is 7.69. The summed E-state index contributed by atoms with van der Waals surface area (Å²) in [5.74, 6) is 0.695. The Hall–Kier alpha value is -1.75. The Morgan fingerprint density at radius 1 is 1.31 bits per heavy atom. The van der Waals surface area contributed by atoms with Gasteiger partial charge in [0.05, 0.1) is 20.3 Å². The monoisotopic (exact) mass is 225 g/mol. The third-order valence-corrected chi connectivity index (χ3v) is 2.13. The fourth-order valence-corrected chi connectivity index (χ4v) is 1.28. The molecule has 1 aromatic rings. The first-order valence-corrected chi connectivity index (χ1v) is 4.82. The lowest BCUT2D eigenvalue weighted by Gasteiger charge is -2.18. The third-order valence-electron chi connectivity index (χ3n) is 2.13. The normalized spacial score (nSPS) is 9.88. The minimum absolute atomic E-state index is 0.304. The van der Waals surface area contributed by atoms with Gasteiger partial charge in [0, 0.05) is 12.8 Å². The fraction of sp³-hybridized carbons (Fsp3) is 0.364. The Kier molecular flexibility index (Phi) is 4.60. The van der Waals surface area contributed by atoms with Crippen LogP contribution in [0.1, 0.15) is 0 Å². The lowest BCUT2D eigenvalue weighted by Crippen LogP contribution is -2.32. The second kappa shape index (κ2) is 5.97. The fourth-order valence-electron chi connectivity index (χ4n) is 1.28. The molecule has 5 heteroatoms. The molecule has 0 aromatic heterocycles. The van der Waals surface area contributed by atoms with Crippen molar-refractivity contribution in [1.29, 1.82) is 0 Å². The number of ether oxygens (including phenoxy) is 2. The van der Waals surface area contributed by atoms with Crippen LogP contribution in [0.3, 0.4) is 0 Å². The molecule has 0 heterocycles. The molecular formula is C11H15NO4. The predicted octanol–water partition coefficient (Wildman–Crippen LogP) is 1.83. The number of carbonyl (C=O) groups is 1. The van der Waals surface area contributed by atoms with Crippen LogP contribution in [-0.2, 0) is 4.74 Å². The van der Waals surface area contributed by atoms with Gasteiger partial charge in [0.15, 0.2) is 0 Å². The number of methoxy groups -OCH3 is 2. The molecule has 0 fully saturated rings. The molecule has 0 unspecified atom stereocenters. The highest BCUT2D eigenvalue weighted by atomic mass is 16.5. The van der Waals surface area contributed by atoms with Crippen molar-refractivity contribution in [3.63, 3.8) is 0 Å². The minimum Gasteiger partial charge on any atom is -0.497 e. The number of carboxylic acid groups (broad SMARTS) is 1. The van der Waals surface area contributed by atoms with E-state index in [4.69, 9.17) is 14.6 Å². The van der Waals surface area contributed by atoms with E-state index in [1.807, 2.05) is 0 Å². The van der Waals surface area contributed by atoms with E-state index in [0.717, 1.165) is 0 Å². The van der Waals surface area contributed by atoms with Gasteiger partial charge in [0.1, 0.15) is 5.75 Å². The molecule has 1 amide bonds. The zero-order chi connectivity index (χ0) is 12.0. The van der Waals surface area contributed by atoms with Crippen molar-refractivity contribution in [2.24, 2.45) is 0 Å². The maximum Gasteiger partial charge on any atom is 0.411 e. The Morgan fingerprint density at radius 2 is 1.94 bits per heavy atom. The van der Waals surface area contributed by atoms with E-state index in [9.17, 15) is 4.79 Å². The Morgan fingerprint density at radius 3 is 2.38 bits per heavy atom. The molecule has 1 rings (SSSR count). The molecule has 16 heavy (non-hydrogen) atoms. The molecule has 0 bridgehead atoms. The molecule has 0 atom stereocenters. The van der Waals surface area contributed by atoms with Gasteiger partial charge in [-0.1, -0.05) is 0 Å². The SMILES string of the molecule is COCCN(C(=O)O)c1ccc(OC)cc1. The van der Waals surface area contributed by atoms with Gasteiger partial charge in [0.25, 0.3) is 0 Å². The van der Waals surface area contributed by atoms with Crippen LogP contribution in [0, 0.1) is 0 Å². The second-order valence-corrected chi connectivity index (χ2v) is 3.13. The molecule has 5 nitrogen and oxygen atoms in total. The smallest absolute Gasteiger partial charge is 0.411 e. The molecule has 88 valence electrons. The summed E-state index contributed by atoms with van der Waals surface area (Å²) >= 11 is 0. The number of rotatable bonds is 5. The third kappa shape index (κ3) is 3.13. The molecule has 1 N–H and O–H groups in total. The van der Waals surface area contributed by atoms with E-state index >= 15 is 0 Å². The van der Waals surface area contributed by atoms with Gasteiger partial charge in [-0.15, -0.1) is 0 Å². The van der Waals surface area contributed by atoms with E-state index in [-0.39, 0.29) is 0 Å². The van der Waals surface area contributed by atoms with Crippen molar-refractivity contribution in [3.05, 3.63) is 24.3 Å². The highest BCUT2D eigenvalue weighted by Crippen LogP contribution is 2.19. The minimum atomic E-state index is -0.998. The van der Waals surface area contributed by atoms with Gasteiger partial charge < -0.3 is 14.6 Å². The molecule has 0 aliphatic heterocycles. The van der Waals surface area contributed by atoms with E-state index in [0.29, 0.717) is 24.6 Å². The van der Waals surface area contributed by atoms with Crippen LogP contribution in [0.25, 0.3) is 0 Å². The van der Waals surface area contributed by atoms with Gasteiger partial charge in [-0.05, 0) is 24.3 Å². The maximum absolute atomic E-state index is 11.0. The summed E-state index contributed by atoms with van der Waals surface area (Å²) in [6.07, 6.45) is -0.998. The van der Waals surface area contributed by atoms with Gasteiger partial charge in [-0.3, -0.25) is 4.90 Å². The standard InChI is InChI=1S/C11H15NO4/c1-15-8-7-12(11(13)14)9-3-5-10(16-2)6-4-9/h3-6H,7-8H2,1-2H3,(H,13,14). The average molecular weight is 225 g/mol. The van der Waals surface area contributed by atoms with E-state index in [1.165, 1.54) is 12.0 Å². The van der Waals surface area contributed by atoms with E-state index < -0.39 is 6.09 Å². The second-order valence-electron chi connectivity index (χ2n) is 3.13. The summed E-state index contributed by atoms with van der Waals surface area (Å²) in [6.45, 7) is 0.663. The van der Waals surface area contributed by atoms with Crippen molar-refractivity contribution in [2.45, 2.75) is 0 Å². The quantitative estimate of drug-likeness (QED) is 0.830. The first kappa shape index (κ1) is 12.3. The largest absolute Gasteiger partial charge is 0.497 e. The summed E-state index contributed by atoms with van der Waals surface area (Å²) in [5, 5.41) is 9.02. The number of nitrogens with zero attached hydrogens (tertiary/aromatic N) is 1. The van der Waals surface area contributed by atoms with Crippen molar-refractivity contribution >= 4 is 11.8 Å². The number of hydrogen-bond donors (Lipinski definition) is 1. The van der Waals surface area contributed by atoms with Crippen molar-refractivity contribution in [1.82, 2.24) is 0 Å². The van der Waals surface area contributed by atoms with Crippen molar-refractivity contribution in [3.8, 4) is 5.75 Å². The Bertz CT molecular complexity index is 336. The molecule has 0 aliphatic rings. The highest BCUT2D eigenvalue weighted by molar-refractivity contribution is 5.86. The predicted molar refractivity (Wildman–Crippen MR) is 60.2 cm³/mol. The summed E-state index contributed by atoms with van der Waals surface area (Å²) in [4.78, 5) is 12.2. The zero-order valence-electron chi connectivity index (χ0n) is 9.34. The maximum atomic E-state index is 11.0. The zero-order valence-corrected chi connectivity index (χ0v) is 9.34. The van der Waals surface area contributed by atoms with E-state index in [2.05, 4.69) is 0 Å². The molecule has 0 spiro atoms. The molecule has 1 aromatic carbocycles. The summed E-state index contributed by atoms with van der Waals surface area (Å²) in [6, 6.07) is 6.83. The number of amides is 1. The lowest BCUT2D eigenvalue weighted by molar-refractivity contribution is 0.186. The van der Waals surface area contributed by atoms with E-state index in [1.54, 1.807) is 31.4 Å². The number of anilines is 1. The highest BCUT2D eigenvalue weighted by Gasteiger charge is 2.13. The van der Waals surface area contributed by atoms with Crippen LogP contribution >= 0.6 is 0 Å². The first-order valence-electron chi connectivity index (χ1n) is 4.82. The van der Waals surface area contributed by atoms with Crippen molar-refractivity contribution in [2.75, 3.05) is 32.3 Å². The average Bonchev–Trinajstić information content (AvgIpc) is 2.30. The van der Waals surface area contributed by atoms with Crippen LogP contribution in [0.4, 0.5) is 10.5 Å². The summed E-state index contributed by atoms with van der Waals surface area (Å²) in [7, 11) is 3.10. The lowest BCUT2D eigenvalue weighted by atomic mass is 10.3.